The summed E-state index contributed by atoms with van der Waals surface area (Å²) < 4.78 is 31.1. The van der Waals surface area contributed by atoms with Crippen LogP contribution < -0.4 is 20.1 Å². The molecule has 0 fully saturated rings. The van der Waals surface area contributed by atoms with E-state index in [-0.39, 0.29) is 0 Å². The molecule has 1 heterocycles. The molecule has 8 nitrogen and oxygen atoms in total. The Morgan fingerprint density at radius 2 is 1.81 bits per heavy atom. The maximum absolute atomic E-state index is 12.2. The Morgan fingerprint density at radius 1 is 1.03 bits per heavy atom. The zero-order chi connectivity index (χ0) is 25.5. The van der Waals surface area contributed by atoms with E-state index < -0.39 is 9.73 Å². The van der Waals surface area contributed by atoms with E-state index in [1.54, 1.807) is 31.5 Å². The zero-order valence-electron chi connectivity index (χ0n) is 20.4. The molecule has 0 saturated heterocycles. The van der Waals surface area contributed by atoms with E-state index in [1.807, 2.05) is 61.5 Å². The fourth-order valence-corrected chi connectivity index (χ4v) is 4.35. The first-order valence-corrected chi connectivity index (χ1v) is 13.4. The van der Waals surface area contributed by atoms with Crippen LogP contribution in [0.1, 0.15) is 12.5 Å². The molecule has 0 spiro atoms. The third kappa shape index (κ3) is 6.11. The van der Waals surface area contributed by atoms with Gasteiger partial charge in [-0.1, -0.05) is 36.4 Å². The number of hydrogen-bond donors (Lipinski definition) is 3. The quantitative estimate of drug-likeness (QED) is 0.246. The number of anilines is 3. The topological polar surface area (TPSA) is 109 Å². The molecule has 9 heteroatoms. The fraction of sp³-hybridized carbons (Fsp3) is 0.185. The Bertz CT molecular complexity index is 1440. The number of hydrogen-bond acceptors (Lipinski definition) is 8. The van der Waals surface area contributed by atoms with Gasteiger partial charge in [0.15, 0.2) is 0 Å². The van der Waals surface area contributed by atoms with Crippen LogP contribution in [0.3, 0.4) is 0 Å². The second-order valence-electron chi connectivity index (χ2n) is 8.08. The van der Waals surface area contributed by atoms with Crippen LogP contribution in [0.15, 0.2) is 83.9 Å². The van der Waals surface area contributed by atoms with Crippen molar-refractivity contribution in [1.29, 1.82) is 4.78 Å². The first kappa shape index (κ1) is 25.0. The zero-order valence-corrected chi connectivity index (χ0v) is 21.3. The molecule has 0 radical (unpaired) electrons. The Kier molecular flexibility index (Phi) is 7.70. The number of benzene rings is 3. The number of ether oxygens (including phenoxy) is 2. The van der Waals surface area contributed by atoms with Gasteiger partial charge in [-0.25, -0.2) is 14.0 Å². The van der Waals surface area contributed by atoms with Crippen LogP contribution >= 0.6 is 0 Å². The summed E-state index contributed by atoms with van der Waals surface area (Å²) in [7, 11) is -1.19. The van der Waals surface area contributed by atoms with Gasteiger partial charge in [0.2, 0.25) is 5.95 Å². The summed E-state index contributed by atoms with van der Waals surface area (Å²) in [6, 6.07) is 22.5. The highest BCUT2D eigenvalue weighted by atomic mass is 32.2. The van der Waals surface area contributed by atoms with Crippen molar-refractivity contribution < 1.29 is 13.7 Å². The molecule has 1 unspecified atom stereocenters. The van der Waals surface area contributed by atoms with Crippen LogP contribution in [0.5, 0.6) is 11.5 Å². The number of nitrogens with zero attached hydrogens (tertiary/aromatic N) is 2. The second-order valence-corrected chi connectivity index (χ2v) is 10.2. The van der Waals surface area contributed by atoms with Crippen molar-refractivity contribution in [3.8, 4) is 22.6 Å². The average molecular weight is 504 g/mol. The van der Waals surface area contributed by atoms with Crippen LogP contribution in [0.2, 0.25) is 0 Å². The molecular weight excluding hydrogens is 474 g/mol. The summed E-state index contributed by atoms with van der Waals surface area (Å²) in [5.74, 6) is 2.59. The lowest BCUT2D eigenvalue weighted by Gasteiger charge is -2.15. The minimum Gasteiger partial charge on any atom is -0.496 e. The van der Waals surface area contributed by atoms with Crippen LogP contribution in [0.25, 0.3) is 11.1 Å². The van der Waals surface area contributed by atoms with Crippen LogP contribution in [-0.4, -0.2) is 34.1 Å². The van der Waals surface area contributed by atoms with Gasteiger partial charge in [0, 0.05) is 40.7 Å². The van der Waals surface area contributed by atoms with Gasteiger partial charge in [0.05, 0.1) is 23.4 Å². The van der Waals surface area contributed by atoms with Crippen molar-refractivity contribution in [1.82, 2.24) is 9.97 Å². The summed E-state index contributed by atoms with van der Waals surface area (Å²) in [6.07, 6.45) is 3.15. The molecule has 0 aliphatic rings. The van der Waals surface area contributed by atoms with E-state index in [0.29, 0.717) is 35.5 Å². The summed E-state index contributed by atoms with van der Waals surface area (Å²) in [5, 5.41) is 6.59. The van der Waals surface area contributed by atoms with E-state index in [4.69, 9.17) is 19.2 Å². The smallest absolute Gasteiger partial charge is 0.229 e. The molecule has 3 N–H and O–H groups in total. The van der Waals surface area contributed by atoms with Gasteiger partial charge in [0.1, 0.15) is 17.3 Å². The lowest BCUT2D eigenvalue weighted by Crippen LogP contribution is -2.07. The molecule has 3 aromatic carbocycles. The van der Waals surface area contributed by atoms with Gasteiger partial charge in [-0.3, -0.25) is 0 Å². The molecule has 0 bridgehead atoms. The van der Waals surface area contributed by atoms with Crippen molar-refractivity contribution in [3.05, 3.63) is 84.6 Å². The highest BCUT2D eigenvalue weighted by Gasteiger charge is 2.12. The Morgan fingerprint density at radius 3 is 2.53 bits per heavy atom. The third-order valence-corrected chi connectivity index (χ3v) is 6.60. The first-order chi connectivity index (χ1) is 17.4. The molecule has 0 saturated carbocycles. The largest absolute Gasteiger partial charge is 0.496 e. The molecular formula is C27H29N5O3S. The van der Waals surface area contributed by atoms with Crippen LogP contribution in [-0.2, 0) is 16.3 Å². The maximum atomic E-state index is 12.2. The Hall–Kier alpha value is -4.11. The van der Waals surface area contributed by atoms with Crippen molar-refractivity contribution in [3.63, 3.8) is 0 Å². The molecule has 36 heavy (non-hydrogen) atoms. The van der Waals surface area contributed by atoms with E-state index in [1.165, 1.54) is 6.26 Å². The van der Waals surface area contributed by atoms with Crippen LogP contribution in [0.4, 0.5) is 17.5 Å². The van der Waals surface area contributed by atoms with Gasteiger partial charge in [-0.2, -0.15) is 4.98 Å². The number of methoxy groups -OCH3 is 1. The lowest BCUT2D eigenvalue weighted by atomic mass is 10.1. The summed E-state index contributed by atoms with van der Waals surface area (Å²) in [4.78, 5) is 9.69. The SMILES string of the molecule is CCOc1ccc(-c2cnc(Nc3cccc(S(C)(=N)=O)c3)nc2NCc2ccccc2OC)cc1. The summed E-state index contributed by atoms with van der Waals surface area (Å²) in [5.41, 5.74) is 3.41. The lowest BCUT2D eigenvalue weighted by molar-refractivity contribution is 0.340. The molecule has 0 amide bonds. The Labute approximate surface area is 211 Å². The summed E-state index contributed by atoms with van der Waals surface area (Å²) >= 11 is 0. The number of rotatable bonds is 10. The molecule has 186 valence electrons. The van der Waals surface area contributed by atoms with E-state index in [9.17, 15) is 4.21 Å². The summed E-state index contributed by atoms with van der Waals surface area (Å²) in [6.45, 7) is 3.05. The van der Waals surface area contributed by atoms with Crippen molar-refractivity contribution in [2.45, 2.75) is 18.4 Å². The Balaban J connectivity index is 1.67. The van der Waals surface area contributed by atoms with Crippen molar-refractivity contribution in [2.24, 2.45) is 0 Å². The van der Waals surface area contributed by atoms with Gasteiger partial charge in [-0.05, 0) is 48.9 Å². The minimum absolute atomic E-state index is 0.372. The van der Waals surface area contributed by atoms with E-state index in [2.05, 4.69) is 15.6 Å². The highest BCUT2D eigenvalue weighted by molar-refractivity contribution is 7.91. The van der Waals surface area contributed by atoms with Gasteiger partial charge in [0.25, 0.3) is 0 Å². The number of aromatic nitrogens is 2. The van der Waals surface area contributed by atoms with E-state index >= 15 is 0 Å². The van der Waals surface area contributed by atoms with Crippen molar-refractivity contribution in [2.75, 3.05) is 30.6 Å². The third-order valence-electron chi connectivity index (χ3n) is 5.44. The molecule has 0 aliphatic carbocycles. The predicted octanol–water partition coefficient (Wildman–Crippen LogP) is 5.94. The van der Waals surface area contributed by atoms with Crippen LogP contribution in [0, 0.1) is 4.78 Å². The predicted molar refractivity (Wildman–Crippen MR) is 144 cm³/mol. The monoisotopic (exact) mass is 503 g/mol. The molecule has 1 aromatic heterocycles. The number of para-hydroxylation sites is 1. The normalized spacial score (nSPS) is 12.4. The highest BCUT2D eigenvalue weighted by Crippen LogP contribution is 2.30. The fourth-order valence-electron chi connectivity index (χ4n) is 3.66. The molecule has 0 aliphatic heterocycles. The van der Waals surface area contributed by atoms with Crippen molar-refractivity contribution >= 4 is 27.2 Å². The van der Waals surface area contributed by atoms with Gasteiger partial charge >= 0.3 is 0 Å². The minimum atomic E-state index is -2.84. The van der Waals surface area contributed by atoms with Gasteiger partial charge < -0.3 is 20.1 Å². The average Bonchev–Trinajstić information content (AvgIpc) is 2.88. The molecule has 4 aromatic rings. The van der Waals surface area contributed by atoms with E-state index in [0.717, 1.165) is 28.2 Å². The second kappa shape index (κ2) is 11.1. The molecule has 4 rings (SSSR count). The standard InChI is InChI=1S/C27H29N5O3S/c1-4-35-22-14-12-19(13-15-22)24-18-30-27(31-21-9-7-10-23(16-21)36(3,28)33)32-26(24)29-17-20-8-5-6-11-25(20)34-2/h5-16,18,28H,4,17H2,1-3H3,(H2,29,30,31,32). The number of nitrogens with one attached hydrogen (secondary N) is 3. The maximum Gasteiger partial charge on any atom is 0.229 e. The first-order valence-electron chi connectivity index (χ1n) is 11.4. The van der Waals surface area contributed by atoms with Gasteiger partial charge in [-0.15, -0.1) is 0 Å². The molecule has 1 atom stereocenters.